The molecule has 0 amide bonds. The standard InChI is InChI=1S/C19H40O/c1-16(2)9-6-10-17(3)11-7-12-18(4)13-8-14-19(5)15-20/h16-20H,6-15H2,1-5H3/t17-,18-,19+/m1/s1. The van der Waals surface area contributed by atoms with Gasteiger partial charge in [0.2, 0.25) is 0 Å². The van der Waals surface area contributed by atoms with Crippen LogP contribution in [-0.2, 0) is 0 Å². The molecule has 0 saturated heterocycles. The van der Waals surface area contributed by atoms with Crippen LogP contribution in [0.4, 0.5) is 0 Å². The van der Waals surface area contributed by atoms with E-state index in [4.69, 9.17) is 5.11 Å². The van der Waals surface area contributed by atoms with Gasteiger partial charge in [0.25, 0.3) is 0 Å². The van der Waals surface area contributed by atoms with Gasteiger partial charge in [-0.15, -0.1) is 0 Å². The highest BCUT2D eigenvalue weighted by molar-refractivity contribution is 4.60. The maximum absolute atomic E-state index is 9.01. The van der Waals surface area contributed by atoms with Crippen molar-refractivity contribution in [3.63, 3.8) is 0 Å². The molecule has 0 spiro atoms. The van der Waals surface area contributed by atoms with E-state index in [0.717, 1.165) is 17.8 Å². The van der Waals surface area contributed by atoms with E-state index in [-0.39, 0.29) is 0 Å². The monoisotopic (exact) mass is 284 g/mol. The van der Waals surface area contributed by atoms with Crippen LogP contribution in [0.5, 0.6) is 0 Å². The molecule has 3 atom stereocenters. The minimum atomic E-state index is 0.349. The van der Waals surface area contributed by atoms with Gasteiger partial charge in [0.05, 0.1) is 0 Å². The van der Waals surface area contributed by atoms with E-state index >= 15 is 0 Å². The molecule has 0 aromatic heterocycles. The molecule has 0 aromatic carbocycles. The Morgan fingerprint density at radius 3 is 1.25 bits per heavy atom. The average Bonchev–Trinajstić information content (AvgIpc) is 2.38. The summed E-state index contributed by atoms with van der Waals surface area (Å²) in [6.45, 7) is 12.0. The Hall–Kier alpha value is -0.0400. The largest absolute Gasteiger partial charge is 0.396 e. The molecular formula is C19H40O. The molecule has 0 radical (unpaired) electrons. The topological polar surface area (TPSA) is 20.2 Å². The molecule has 1 heteroatoms. The molecule has 0 rings (SSSR count). The fraction of sp³-hybridized carbons (Fsp3) is 1.00. The number of rotatable bonds is 13. The van der Waals surface area contributed by atoms with E-state index in [1.165, 1.54) is 57.8 Å². The first kappa shape index (κ1) is 20.0. The summed E-state index contributed by atoms with van der Waals surface area (Å²) in [6.07, 6.45) is 12.2. The molecule has 122 valence electrons. The summed E-state index contributed by atoms with van der Waals surface area (Å²) in [5.74, 6) is 3.13. The number of aliphatic hydroxyl groups excluding tert-OH is 1. The summed E-state index contributed by atoms with van der Waals surface area (Å²) < 4.78 is 0. The first-order valence-electron chi connectivity index (χ1n) is 9.06. The van der Waals surface area contributed by atoms with Gasteiger partial charge in [-0.05, 0) is 30.1 Å². The van der Waals surface area contributed by atoms with Crippen LogP contribution in [0.2, 0.25) is 0 Å². The van der Waals surface area contributed by atoms with Gasteiger partial charge in [-0.1, -0.05) is 86.0 Å². The fourth-order valence-electron chi connectivity index (χ4n) is 2.88. The predicted octanol–water partition coefficient (Wildman–Crippen LogP) is 6.05. The summed E-state index contributed by atoms with van der Waals surface area (Å²) in [5.41, 5.74) is 0. The molecule has 0 fully saturated rings. The molecule has 0 aromatic rings. The second kappa shape index (κ2) is 12.7. The van der Waals surface area contributed by atoms with E-state index in [1.807, 2.05) is 0 Å². The Bertz CT molecular complexity index is 200. The molecule has 0 saturated carbocycles. The number of aliphatic hydroxyl groups is 1. The van der Waals surface area contributed by atoms with Crippen molar-refractivity contribution < 1.29 is 5.11 Å². The first-order chi connectivity index (χ1) is 9.45. The van der Waals surface area contributed by atoms with Crippen molar-refractivity contribution in [3.05, 3.63) is 0 Å². The van der Waals surface area contributed by atoms with Crippen molar-refractivity contribution in [3.8, 4) is 0 Å². The zero-order chi connectivity index (χ0) is 15.4. The fourth-order valence-corrected chi connectivity index (χ4v) is 2.88. The SMILES string of the molecule is CC(C)CCC[C@@H](C)CCC[C@@H](C)CCC[C@H](C)CO. The van der Waals surface area contributed by atoms with Crippen LogP contribution < -0.4 is 0 Å². The molecule has 0 aliphatic carbocycles. The van der Waals surface area contributed by atoms with E-state index in [9.17, 15) is 0 Å². The highest BCUT2D eigenvalue weighted by Gasteiger charge is 2.07. The van der Waals surface area contributed by atoms with E-state index < -0.39 is 0 Å². The minimum absolute atomic E-state index is 0.349. The molecular weight excluding hydrogens is 244 g/mol. The summed E-state index contributed by atoms with van der Waals surface area (Å²) in [7, 11) is 0. The van der Waals surface area contributed by atoms with Gasteiger partial charge in [-0.3, -0.25) is 0 Å². The van der Waals surface area contributed by atoms with Gasteiger partial charge in [0, 0.05) is 6.61 Å². The third kappa shape index (κ3) is 13.0. The lowest BCUT2D eigenvalue weighted by atomic mass is 9.91. The van der Waals surface area contributed by atoms with Crippen LogP contribution in [0.3, 0.4) is 0 Å². The smallest absolute Gasteiger partial charge is 0.0456 e. The lowest BCUT2D eigenvalue weighted by Gasteiger charge is -2.15. The molecule has 0 aliphatic rings. The minimum Gasteiger partial charge on any atom is -0.396 e. The second-order valence-corrected chi connectivity index (χ2v) is 7.68. The van der Waals surface area contributed by atoms with Gasteiger partial charge in [-0.2, -0.15) is 0 Å². The summed E-state index contributed by atoms with van der Waals surface area (Å²) in [6, 6.07) is 0. The quantitative estimate of drug-likeness (QED) is 0.436. The molecule has 1 nitrogen and oxygen atoms in total. The summed E-state index contributed by atoms with van der Waals surface area (Å²) >= 11 is 0. The van der Waals surface area contributed by atoms with Gasteiger partial charge in [0.15, 0.2) is 0 Å². The highest BCUT2D eigenvalue weighted by Crippen LogP contribution is 2.21. The van der Waals surface area contributed by atoms with Crippen LogP contribution in [0.1, 0.15) is 92.4 Å². The number of hydrogen-bond acceptors (Lipinski definition) is 1. The Morgan fingerprint density at radius 2 is 0.900 bits per heavy atom. The Labute approximate surface area is 128 Å². The number of hydrogen-bond donors (Lipinski definition) is 1. The second-order valence-electron chi connectivity index (χ2n) is 7.68. The highest BCUT2D eigenvalue weighted by atomic mass is 16.3. The van der Waals surface area contributed by atoms with Crippen molar-refractivity contribution in [2.75, 3.05) is 6.61 Å². The van der Waals surface area contributed by atoms with Crippen molar-refractivity contribution in [1.29, 1.82) is 0 Å². The average molecular weight is 285 g/mol. The van der Waals surface area contributed by atoms with Gasteiger partial charge >= 0.3 is 0 Å². The Morgan fingerprint density at radius 1 is 0.550 bits per heavy atom. The van der Waals surface area contributed by atoms with E-state index in [1.54, 1.807) is 0 Å². The molecule has 0 unspecified atom stereocenters. The molecule has 20 heavy (non-hydrogen) atoms. The normalized spacial score (nSPS) is 16.4. The molecule has 0 heterocycles. The van der Waals surface area contributed by atoms with Crippen molar-refractivity contribution in [2.45, 2.75) is 92.4 Å². The molecule has 0 bridgehead atoms. The summed E-state index contributed by atoms with van der Waals surface area (Å²) in [5, 5.41) is 9.01. The maximum Gasteiger partial charge on any atom is 0.0456 e. The first-order valence-corrected chi connectivity index (χ1v) is 9.06. The zero-order valence-electron chi connectivity index (χ0n) is 14.8. The van der Waals surface area contributed by atoms with Crippen LogP contribution in [0.25, 0.3) is 0 Å². The van der Waals surface area contributed by atoms with E-state index in [0.29, 0.717) is 12.5 Å². The lowest BCUT2D eigenvalue weighted by molar-refractivity contribution is 0.225. The van der Waals surface area contributed by atoms with Crippen LogP contribution in [0, 0.1) is 23.7 Å². The van der Waals surface area contributed by atoms with Gasteiger partial charge < -0.3 is 5.11 Å². The third-order valence-corrected chi connectivity index (χ3v) is 4.58. The third-order valence-electron chi connectivity index (χ3n) is 4.58. The van der Waals surface area contributed by atoms with Crippen molar-refractivity contribution in [1.82, 2.24) is 0 Å². The van der Waals surface area contributed by atoms with E-state index in [2.05, 4.69) is 34.6 Å². The van der Waals surface area contributed by atoms with Crippen molar-refractivity contribution >= 4 is 0 Å². The van der Waals surface area contributed by atoms with Crippen LogP contribution in [-0.4, -0.2) is 11.7 Å². The summed E-state index contributed by atoms with van der Waals surface area (Å²) in [4.78, 5) is 0. The maximum atomic E-state index is 9.01. The Balaban J connectivity index is 3.43. The molecule has 0 aliphatic heterocycles. The lowest BCUT2D eigenvalue weighted by Crippen LogP contribution is -2.03. The van der Waals surface area contributed by atoms with Gasteiger partial charge in [0.1, 0.15) is 0 Å². The van der Waals surface area contributed by atoms with Crippen LogP contribution >= 0.6 is 0 Å². The Kier molecular flexibility index (Phi) is 12.7. The van der Waals surface area contributed by atoms with Crippen LogP contribution in [0.15, 0.2) is 0 Å². The van der Waals surface area contributed by atoms with Gasteiger partial charge in [-0.25, -0.2) is 0 Å². The zero-order valence-corrected chi connectivity index (χ0v) is 14.8. The molecule has 1 N–H and O–H groups in total. The predicted molar refractivity (Wildman–Crippen MR) is 91.0 cm³/mol. The van der Waals surface area contributed by atoms with Crippen molar-refractivity contribution in [2.24, 2.45) is 23.7 Å².